The summed E-state index contributed by atoms with van der Waals surface area (Å²) in [7, 11) is 0. The zero-order valence-corrected chi connectivity index (χ0v) is 23.1. The van der Waals surface area contributed by atoms with E-state index in [0.29, 0.717) is 53.6 Å². The van der Waals surface area contributed by atoms with E-state index in [2.05, 4.69) is 20.9 Å². The Morgan fingerprint density at radius 2 is 2.00 bits per heavy atom. The molecule has 1 amide bonds. The summed E-state index contributed by atoms with van der Waals surface area (Å²) < 4.78 is 18.3. The molecule has 2 fully saturated rings. The zero-order chi connectivity index (χ0) is 28.9. The number of rotatable bonds is 4. The fraction of sp³-hybridized carbons (Fsp3) is 0.333. The summed E-state index contributed by atoms with van der Waals surface area (Å²) in [6, 6.07) is 17.1. The smallest absolute Gasteiger partial charge is 0.335 e. The van der Waals surface area contributed by atoms with E-state index in [0.717, 1.165) is 23.9 Å². The molecule has 1 aromatic heterocycles. The van der Waals surface area contributed by atoms with Crippen molar-refractivity contribution in [1.29, 1.82) is 5.26 Å². The number of aromatic carboxylic acids is 1. The second-order valence-corrected chi connectivity index (χ2v) is 12.2. The van der Waals surface area contributed by atoms with Crippen LogP contribution >= 0.6 is 11.6 Å². The van der Waals surface area contributed by atoms with Crippen molar-refractivity contribution < 1.29 is 19.1 Å². The van der Waals surface area contributed by atoms with Crippen molar-refractivity contribution in [3.63, 3.8) is 0 Å². The van der Waals surface area contributed by atoms with Gasteiger partial charge in [0, 0.05) is 42.2 Å². The molecule has 3 aromatic carbocycles. The maximum atomic E-state index is 16.2. The molecule has 4 aromatic rings. The molecule has 1 saturated heterocycles. The second kappa shape index (κ2) is 9.63. The van der Waals surface area contributed by atoms with Crippen LogP contribution in [-0.2, 0) is 16.9 Å². The van der Waals surface area contributed by atoms with Gasteiger partial charge in [-0.1, -0.05) is 37.2 Å². The van der Waals surface area contributed by atoms with E-state index in [1.165, 1.54) is 6.07 Å². The van der Waals surface area contributed by atoms with Gasteiger partial charge in [-0.2, -0.15) is 5.26 Å². The van der Waals surface area contributed by atoms with Gasteiger partial charge in [-0.25, -0.2) is 14.2 Å². The summed E-state index contributed by atoms with van der Waals surface area (Å²) in [5, 5.41) is 22.2. The minimum atomic E-state index is -1.26. The van der Waals surface area contributed by atoms with Gasteiger partial charge in [0.2, 0.25) is 5.91 Å². The van der Waals surface area contributed by atoms with Crippen molar-refractivity contribution in [2.24, 2.45) is 5.92 Å². The summed E-state index contributed by atoms with van der Waals surface area (Å²) in [4.78, 5) is 33.5. The van der Waals surface area contributed by atoms with Crippen molar-refractivity contribution in [2.75, 3.05) is 11.9 Å². The van der Waals surface area contributed by atoms with E-state index in [-0.39, 0.29) is 30.0 Å². The number of carbonyl (C=O) groups excluding carboxylic acids is 1. The van der Waals surface area contributed by atoms with Crippen LogP contribution in [0.3, 0.4) is 0 Å². The Bertz CT molecular complexity index is 1900. The highest BCUT2D eigenvalue weighted by Gasteiger charge is 2.69. The highest BCUT2D eigenvalue weighted by Crippen LogP contribution is 2.64. The normalized spacial score (nSPS) is 25.5. The van der Waals surface area contributed by atoms with Crippen molar-refractivity contribution in [2.45, 2.75) is 56.7 Å². The fourth-order valence-corrected chi connectivity index (χ4v) is 8.01. The van der Waals surface area contributed by atoms with Gasteiger partial charge < -0.3 is 15.0 Å². The largest absolute Gasteiger partial charge is 0.478 e. The maximum absolute atomic E-state index is 16.2. The van der Waals surface area contributed by atoms with Crippen LogP contribution in [0.5, 0.6) is 0 Å². The van der Waals surface area contributed by atoms with E-state index < -0.39 is 29.2 Å². The lowest BCUT2D eigenvalue weighted by Gasteiger charge is -2.40. The maximum Gasteiger partial charge on any atom is 0.335 e. The van der Waals surface area contributed by atoms with Gasteiger partial charge in [0.25, 0.3) is 0 Å². The van der Waals surface area contributed by atoms with E-state index in [1.54, 1.807) is 42.5 Å². The van der Waals surface area contributed by atoms with Gasteiger partial charge in [-0.05, 0) is 67.1 Å². The first-order valence-corrected chi connectivity index (χ1v) is 14.5. The number of aryl methyl sites for hydroxylation is 1. The predicted octanol–water partition coefficient (Wildman–Crippen LogP) is 6.25. The summed E-state index contributed by atoms with van der Waals surface area (Å²) in [5.74, 6) is -1.79. The SMILES string of the molecule is C.N#Cc1ccc2c(c1)NC(=O)[C@]21[C@@H](c2cccc(Cl)c2F)[C@@H]2c3nc4cc(C(=O)O)ccc4n3CC[C@@H]2N1CC1CC1. The molecule has 4 atom stereocenters. The molecule has 2 N–H and O–H groups in total. The molecule has 0 radical (unpaired) electrons. The average Bonchev–Trinajstić information content (AvgIpc) is 3.57. The van der Waals surface area contributed by atoms with Gasteiger partial charge in [0.1, 0.15) is 17.2 Å². The monoisotopic (exact) mass is 597 g/mol. The molecular weight excluding hydrogens is 569 g/mol. The molecule has 8 rings (SSSR count). The first-order valence-electron chi connectivity index (χ1n) is 14.1. The lowest BCUT2D eigenvalue weighted by molar-refractivity contribution is -0.128. The van der Waals surface area contributed by atoms with Gasteiger partial charge >= 0.3 is 5.97 Å². The molecule has 1 aliphatic carbocycles. The minimum Gasteiger partial charge on any atom is -0.478 e. The number of hydrogen-bond acceptors (Lipinski definition) is 5. The second-order valence-electron chi connectivity index (χ2n) is 11.8. The Balaban J connectivity index is 0.00000300. The number of nitrogens with one attached hydrogen (secondary N) is 1. The Kier molecular flexibility index (Phi) is 6.17. The van der Waals surface area contributed by atoms with E-state index in [9.17, 15) is 20.0 Å². The van der Waals surface area contributed by atoms with Crippen molar-refractivity contribution in [1.82, 2.24) is 14.5 Å². The number of carbonyl (C=O) groups is 2. The zero-order valence-electron chi connectivity index (χ0n) is 22.3. The van der Waals surface area contributed by atoms with Crippen LogP contribution in [0.4, 0.5) is 10.1 Å². The Hall–Kier alpha value is -4.26. The average molecular weight is 598 g/mol. The van der Waals surface area contributed by atoms with Gasteiger partial charge in [-0.3, -0.25) is 9.69 Å². The Labute approximate surface area is 252 Å². The number of carboxylic acid groups (broad SMARTS) is 1. The van der Waals surface area contributed by atoms with Crippen molar-refractivity contribution >= 4 is 40.2 Å². The van der Waals surface area contributed by atoms with E-state index in [1.807, 2.05) is 6.07 Å². The molecule has 4 aliphatic rings. The topological polar surface area (TPSA) is 111 Å². The number of nitrogens with zero attached hydrogens (tertiary/aromatic N) is 4. The van der Waals surface area contributed by atoms with Crippen LogP contribution in [0.1, 0.15) is 71.4 Å². The van der Waals surface area contributed by atoms with Crippen LogP contribution in [0.15, 0.2) is 54.6 Å². The molecule has 1 spiro atoms. The van der Waals surface area contributed by atoms with Gasteiger partial charge in [0.15, 0.2) is 0 Å². The van der Waals surface area contributed by atoms with Crippen LogP contribution in [0.2, 0.25) is 5.02 Å². The number of fused-ring (bicyclic) bond motifs is 7. The summed E-state index contributed by atoms with van der Waals surface area (Å²) in [6.07, 6.45) is 2.84. The third-order valence-electron chi connectivity index (χ3n) is 9.67. The first kappa shape index (κ1) is 27.6. The first-order chi connectivity index (χ1) is 20.3. The minimum absolute atomic E-state index is 0. The Morgan fingerprint density at radius 1 is 1.19 bits per heavy atom. The lowest BCUT2D eigenvalue weighted by atomic mass is 9.70. The fourth-order valence-electron chi connectivity index (χ4n) is 7.83. The quantitative estimate of drug-likeness (QED) is 0.288. The molecule has 43 heavy (non-hydrogen) atoms. The number of amides is 1. The molecule has 8 nitrogen and oxygen atoms in total. The van der Waals surface area contributed by atoms with E-state index >= 15 is 4.39 Å². The molecule has 10 heteroatoms. The van der Waals surface area contributed by atoms with Gasteiger partial charge in [-0.15, -0.1) is 0 Å². The number of benzene rings is 3. The standard InChI is InChI=1S/C32H25ClFN5O3.CH4/c33-21-3-1-2-19(28(21)34)27-26-25(10-11-38-24-9-7-18(30(40)41)13-23(24)36-29(26)38)39(15-16-4-5-16)32(27)20-8-6-17(14-35)12-22(20)37-31(32)42;/h1-3,6-9,12-13,16,25-27H,4-5,10-11,15H2,(H,37,42)(H,40,41);1H4/t25-,26+,27-,32+;/m0./s1. The number of imidazole rings is 1. The summed E-state index contributed by atoms with van der Waals surface area (Å²) in [6.45, 7) is 1.30. The third-order valence-corrected chi connectivity index (χ3v) is 9.96. The predicted molar refractivity (Wildman–Crippen MR) is 160 cm³/mol. The molecule has 0 unspecified atom stereocenters. The molecule has 1 saturated carbocycles. The number of nitriles is 1. The summed E-state index contributed by atoms with van der Waals surface area (Å²) >= 11 is 6.38. The number of aromatic nitrogens is 2. The molecule has 3 aliphatic heterocycles. The number of carboxylic acids is 1. The highest BCUT2D eigenvalue weighted by atomic mass is 35.5. The number of hydrogen-bond donors (Lipinski definition) is 2. The molecule has 218 valence electrons. The number of likely N-dealkylation sites (tertiary alicyclic amines) is 1. The molecule has 0 bridgehead atoms. The number of halogens is 2. The van der Waals surface area contributed by atoms with Crippen LogP contribution in [0, 0.1) is 23.1 Å². The van der Waals surface area contributed by atoms with Crippen LogP contribution < -0.4 is 5.32 Å². The van der Waals surface area contributed by atoms with Crippen molar-refractivity contribution in [3.05, 3.63) is 93.5 Å². The number of anilines is 1. The molecule has 4 heterocycles. The summed E-state index contributed by atoms with van der Waals surface area (Å²) in [5.41, 5.74) is 2.30. The molecular formula is C33H29ClFN5O3. The van der Waals surface area contributed by atoms with Crippen LogP contribution in [-0.4, -0.2) is 44.0 Å². The van der Waals surface area contributed by atoms with Gasteiger partial charge in [0.05, 0.1) is 33.3 Å². The lowest BCUT2D eigenvalue weighted by Crippen LogP contribution is -2.53. The highest BCUT2D eigenvalue weighted by molar-refractivity contribution is 6.30. The third kappa shape index (κ3) is 3.73. The van der Waals surface area contributed by atoms with Crippen molar-refractivity contribution in [3.8, 4) is 6.07 Å². The van der Waals surface area contributed by atoms with E-state index in [4.69, 9.17) is 16.6 Å². The Morgan fingerprint density at radius 3 is 2.74 bits per heavy atom. The van der Waals surface area contributed by atoms with Crippen LogP contribution in [0.25, 0.3) is 11.0 Å².